The van der Waals surface area contributed by atoms with Gasteiger partial charge in [0.25, 0.3) is 0 Å². The standard InChI is InChI=1S/C20H16.2C18H14.C14H13N.C12H12.9C2H6/c1-13-11-19-18-10-6-4-8-16(18)14(2)12-20(19)17-9-5-3-7-15(13)17;1-11-9-13-5-4-8-16-12(2)10-14-6-3-7-15(11)17(14)18(13)16;1-11-7-13-3-5-15-9-12(2)10-16-6-4-14(8-11)17(13)18(15)16;1-10-7-8-12-11-5-3-4-6-13(11)15(2)14(12)9-10;1-9-3-5-11-6-4-10(2)8-12(11)7-9;9*1-2/h3-12H,1-2H3;2*3-10H,1-2H3;3-9H,1-2H3;3-8H,1-2H3;9*1-2H3. The fourth-order valence-electron chi connectivity index (χ4n) is 13.4. The van der Waals surface area contributed by atoms with Gasteiger partial charge in [-0.25, -0.2) is 0 Å². The molecule has 1 nitrogen and oxygen atoms in total. The third-order valence-electron chi connectivity index (χ3n) is 17.4. The van der Waals surface area contributed by atoms with E-state index >= 15 is 0 Å². The van der Waals surface area contributed by atoms with E-state index in [0.29, 0.717) is 0 Å². The molecular weight excluding hydrogens is 1220 g/mol. The fourth-order valence-corrected chi connectivity index (χ4v) is 13.4. The first kappa shape index (κ1) is 83.9. The zero-order chi connectivity index (χ0) is 75.2. The van der Waals surface area contributed by atoms with E-state index in [4.69, 9.17) is 0 Å². The van der Waals surface area contributed by atoms with Gasteiger partial charge in [-0.05, 0) is 221 Å². The molecule has 0 aliphatic rings. The van der Waals surface area contributed by atoms with Gasteiger partial charge < -0.3 is 4.57 Å². The van der Waals surface area contributed by atoms with Gasteiger partial charge in [-0.3, -0.25) is 0 Å². The fraction of sp³-hybridized carbons (Fsp3) is 0.280. The van der Waals surface area contributed by atoms with E-state index in [1.165, 1.54) is 180 Å². The highest BCUT2D eigenvalue weighted by Gasteiger charge is 2.14. The van der Waals surface area contributed by atoms with Crippen molar-refractivity contribution in [2.75, 3.05) is 0 Å². The normalized spacial score (nSPS) is 9.98. The van der Waals surface area contributed by atoms with Gasteiger partial charge in [0.1, 0.15) is 0 Å². The Kier molecular flexibility index (Phi) is 34.8. The van der Waals surface area contributed by atoms with Crippen LogP contribution in [0.1, 0.15) is 175 Å². The molecule has 0 fully saturated rings. The Balaban J connectivity index is 0.000000255. The van der Waals surface area contributed by atoms with Crippen molar-refractivity contribution < 1.29 is 0 Å². The molecule has 1 heterocycles. The Morgan fingerprint density at radius 2 is 0.446 bits per heavy atom. The van der Waals surface area contributed by atoms with Crippen LogP contribution >= 0.6 is 0 Å². The third-order valence-corrected chi connectivity index (χ3v) is 17.4. The summed E-state index contributed by atoms with van der Waals surface area (Å²) in [7, 11) is 2.13. The van der Waals surface area contributed by atoms with Crippen LogP contribution in [0.5, 0.6) is 0 Å². The molecule has 0 amide bonds. The largest absolute Gasteiger partial charge is 0.344 e. The van der Waals surface area contributed by atoms with Crippen molar-refractivity contribution in [3.8, 4) is 0 Å². The molecule has 0 saturated heterocycles. The average molecular weight is 1340 g/mol. The molecule has 0 spiro atoms. The van der Waals surface area contributed by atoms with E-state index in [9.17, 15) is 0 Å². The minimum Gasteiger partial charge on any atom is -0.344 e. The highest BCUT2D eigenvalue weighted by molar-refractivity contribution is 6.25. The smallest absolute Gasteiger partial charge is 0.0491 e. The molecule has 1 aromatic heterocycles. The quantitative estimate of drug-likeness (QED) is 0.133. The molecule has 0 unspecified atom stereocenters. The van der Waals surface area contributed by atoms with Crippen molar-refractivity contribution in [1.29, 1.82) is 0 Å². The summed E-state index contributed by atoms with van der Waals surface area (Å²) in [5, 5.41) is 30.1. The number of fused-ring (bicyclic) bond motifs is 9. The van der Waals surface area contributed by atoms with E-state index in [1.54, 1.807) is 0 Å². The van der Waals surface area contributed by atoms with Crippen molar-refractivity contribution in [3.05, 3.63) is 287 Å². The van der Waals surface area contributed by atoms with Crippen molar-refractivity contribution in [2.24, 2.45) is 7.05 Å². The van der Waals surface area contributed by atoms with Gasteiger partial charge in [-0.2, -0.15) is 0 Å². The Hall–Kier alpha value is -9.56. The lowest BCUT2D eigenvalue weighted by atomic mass is 9.90. The van der Waals surface area contributed by atoms with Crippen LogP contribution in [0.25, 0.3) is 130 Å². The number of nitrogens with zero attached hydrogens (tertiary/aromatic N) is 1. The molecule has 0 radical (unpaired) electrons. The molecule has 0 bridgehead atoms. The zero-order valence-corrected chi connectivity index (χ0v) is 67.5. The summed E-state index contributed by atoms with van der Waals surface area (Å²) in [6.07, 6.45) is 0. The molecular formula is C100H123N. The first-order chi connectivity index (χ1) is 49.3. The summed E-state index contributed by atoms with van der Waals surface area (Å²) >= 11 is 0. The number of para-hydroxylation sites is 1. The summed E-state index contributed by atoms with van der Waals surface area (Å²) in [5.41, 5.74) is 14.7. The lowest BCUT2D eigenvalue weighted by molar-refractivity contribution is 1.01. The summed E-state index contributed by atoms with van der Waals surface area (Å²) in [6.45, 7) is 55.5. The van der Waals surface area contributed by atoms with Crippen LogP contribution in [0.15, 0.2) is 237 Å². The van der Waals surface area contributed by atoms with Gasteiger partial charge in [0.2, 0.25) is 0 Å². The number of hydrogen-bond acceptors (Lipinski definition) is 0. The second kappa shape index (κ2) is 41.9. The lowest BCUT2D eigenvalue weighted by Gasteiger charge is -2.14. The van der Waals surface area contributed by atoms with Gasteiger partial charge >= 0.3 is 0 Å². The highest BCUT2D eigenvalue weighted by Crippen LogP contribution is 2.40. The number of rotatable bonds is 0. The Labute approximate surface area is 611 Å². The predicted octanol–water partition coefficient (Wildman–Crippen LogP) is 32.5. The van der Waals surface area contributed by atoms with Crippen molar-refractivity contribution >= 4 is 130 Å². The van der Waals surface area contributed by atoms with Crippen molar-refractivity contribution in [2.45, 2.75) is 187 Å². The second-order valence-corrected chi connectivity index (χ2v) is 23.5. The molecule has 17 rings (SSSR count). The predicted molar refractivity (Wildman–Crippen MR) is 468 cm³/mol. The van der Waals surface area contributed by atoms with Crippen LogP contribution in [0, 0.1) is 62.3 Å². The van der Waals surface area contributed by atoms with E-state index < -0.39 is 0 Å². The number of benzene rings is 16. The molecule has 528 valence electrons. The SMILES string of the molecule is CC.CC.CC.CC.CC.CC.CC.CC.CC.Cc1cc2c3ccccc3c(C)cc2c2ccccc12.Cc1cc2ccc3cc(C)cc4ccc(c1)c2c34.Cc1cc2cccc3c(C)cc4cccc1c4c23.Cc1ccc2c3ccccc3n(C)c2c1.Cc1ccc2ccc(C)cc2c1. The molecule has 0 atom stereocenters. The van der Waals surface area contributed by atoms with Crippen LogP contribution in [0.2, 0.25) is 0 Å². The van der Waals surface area contributed by atoms with Crippen molar-refractivity contribution in [3.63, 3.8) is 0 Å². The summed E-state index contributed by atoms with van der Waals surface area (Å²) in [4.78, 5) is 0. The maximum Gasteiger partial charge on any atom is 0.0491 e. The van der Waals surface area contributed by atoms with E-state index in [2.05, 4.69) is 311 Å². The number of aromatic nitrogens is 1. The third kappa shape index (κ3) is 19.1. The van der Waals surface area contributed by atoms with E-state index in [0.717, 1.165) is 0 Å². The molecule has 0 aliphatic heterocycles. The first-order valence-corrected chi connectivity index (χ1v) is 38.3. The topological polar surface area (TPSA) is 4.93 Å². The minimum atomic E-state index is 1.30. The lowest BCUT2D eigenvalue weighted by Crippen LogP contribution is -1.88. The van der Waals surface area contributed by atoms with Crippen LogP contribution < -0.4 is 0 Å². The van der Waals surface area contributed by atoms with Gasteiger partial charge in [0, 0.05) is 28.9 Å². The van der Waals surface area contributed by atoms with Crippen LogP contribution in [-0.4, -0.2) is 4.57 Å². The van der Waals surface area contributed by atoms with Crippen LogP contribution in [-0.2, 0) is 7.05 Å². The Bertz CT molecular complexity index is 4980. The molecule has 1 heteroatoms. The molecule has 16 aromatic carbocycles. The first-order valence-electron chi connectivity index (χ1n) is 38.3. The van der Waals surface area contributed by atoms with Crippen molar-refractivity contribution in [1.82, 2.24) is 4.57 Å². The van der Waals surface area contributed by atoms with Gasteiger partial charge in [-0.1, -0.05) is 360 Å². The summed E-state index contributed by atoms with van der Waals surface area (Å²) in [5.74, 6) is 0. The number of hydrogen-bond donors (Lipinski definition) is 0. The van der Waals surface area contributed by atoms with Gasteiger partial charge in [0.15, 0.2) is 0 Å². The van der Waals surface area contributed by atoms with E-state index in [-0.39, 0.29) is 0 Å². The van der Waals surface area contributed by atoms with Crippen LogP contribution in [0.3, 0.4) is 0 Å². The molecule has 0 N–H and O–H groups in total. The second-order valence-electron chi connectivity index (χ2n) is 23.5. The summed E-state index contributed by atoms with van der Waals surface area (Å²) < 4.78 is 2.26. The Morgan fingerprint density at radius 1 is 0.168 bits per heavy atom. The average Bonchev–Trinajstić information content (AvgIpc) is 1.60. The van der Waals surface area contributed by atoms with E-state index in [1.807, 2.05) is 125 Å². The molecule has 17 aromatic rings. The van der Waals surface area contributed by atoms with Crippen LogP contribution in [0.4, 0.5) is 0 Å². The van der Waals surface area contributed by atoms with Gasteiger partial charge in [-0.15, -0.1) is 0 Å². The maximum absolute atomic E-state index is 2.33. The molecule has 0 aliphatic carbocycles. The summed E-state index contributed by atoms with van der Waals surface area (Å²) in [6, 6.07) is 86.3. The number of aryl methyl sites for hydroxylation is 10. The van der Waals surface area contributed by atoms with Gasteiger partial charge in [0.05, 0.1) is 0 Å². The monoisotopic (exact) mass is 1340 g/mol. The molecule has 101 heavy (non-hydrogen) atoms. The Morgan fingerprint density at radius 3 is 0.832 bits per heavy atom. The highest BCUT2D eigenvalue weighted by atomic mass is 14.9. The molecule has 0 saturated carbocycles. The minimum absolute atomic E-state index is 1.30. The zero-order valence-electron chi connectivity index (χ0n) is 67.5. The maximum atomic E-state index is 2.33.